The number of alkyl halides is 2. The molecule has 0 spiro atoms. The highest BCUT2D eigenvalue weighted by atomic mass is 19.3. The molecule has 0 bridgehead atoms. The van der Waals surface area contributed by atoms with E-state index >= 15 is 0 Å². The zero-order chi connectivity index (χ0) is 22.1. The van der Waals surface area contributed by atoms with Gasteiger partial charge in [0.15, 0.2) is 0 Å². The SMILES string of the molecule is Fc1cccc(CCc2nc(-c3ccc4nccnc4c3)c(-c3ccn(C(F)F)n3)[nH]2)c1. The average molecular weight is 434 g/mol. The lowest BCUT2D eigenvalue weighted by molar-refractivity contribution is 0.0568. The molecule has 0 aliphatic rings. The van der Waals surface area contributed by atoms with Gasteiger partial charge in [-0.05, 0) is 42.3 Å². The van der Waals surface area contributed by atoms with Crippen molar-refractivity contribution in [3.05, 3.63) is 84.3 Å². The van der Waals surface area contributed by atoms with Gasteiger partial charge < -0.3 is 4.98 Å². The van der Waals surface area contributed by atoms with Gasteiger partial charge >= 0.3 is 6.55 Å². The van der Waals surface area contributed by atoms with Crippen LogP contribution >= 0.6 is 0 Å². The third-order valence-corrected chi connectivity index (χ3v) is 5.10. The van der Waals surface area contributed by atoms with Crippen molar-refractivity contribution in [3.63, 3.8) is 0 Å². The minimum atomic E-state index is -2.74. The molecule has 0 amide bonds. The zero-order valence-electron chi connectivity index (χ0n) is 16.7. The summed E-state index contributed by atoms with van der Waals surface area (Å²) in [6, 6.07) is 13.4. The van der Waals surface area contributed by atoms with Crippen LogP contribution in [0.15, 0.2) is 67.1 Å². The summed E-state index contributed by atoms with van der Waals surface area (Å²) >= 11 is 0. The predicted octanol–water partition coefficient (Wildman–Crippen LogP) is 5.20. The lowest BCUT2D eigenvalue weighted by atomic mass is 10.1. The average Bonchev–Trinajstić information content (AvgIpc) is 3.45. The summed E-state index contributed by atoms with van der Waals surface area (Å²) < 4.78 is 40.2. The molecule has 0 unspecified atom stereocenters. The molecule has 0 saturated carbocycles. The number of aromatic nitrogens is 6. The molecule has 32 heavy (non-hydrogen) atoms. The standard InChI is InChI=1S/C23H17F3N6/c24-16-3-1-2-14(12-16)4-7-20-29-21(15-5-6-17-19(13-15)28-10-9-27-17)22(30-20)18-8-11-32(31-18)23(25)26/h1-3,5-6,8-13,23H,4,7H2,(H,29,30). The molecule has 0 saturated heterocycles. The first-order valence-electron chi connectivity index (χ1n) is 9.95. The maximum atomic E-state index is 13.5. The van der Waals surface area contributed by atoms with E-state index in [-0.39, 0.29) is 5.82 Å². The van der Waals surface area contributed by atoms with E-state index in [1.807, 2.05) is 24.3 Å². The van der Waals surface area contributed by atoms with Crippen LogP contribution in [0.25, 0.3) is 33.7 Å². The number of imidazole rings is 1. The van der Waals surface area contributed by atoms with Gasteiger partial charge in [0.25, 0.3) is 0 Å². The van der Waals surface area contributed by atoms with Gasteiger partial charge in [0.2, 0.25) is 0 Å². The predicted molar refractivity (Wildman–Crippen MR) is 113 cm³/mol. The molecule has 6 nitrogen and oxygen atoms in total. The second-order valence-corrected chi connectivity index (χ2v) is 7.26. The minimum absolute atomic E-state index is 0.293. The van der Waals surface area contributed by atoms with E-state index in [2.05, 4.69) is 20.1 Å². The molecule has 0 radical (unpaired) electrons. The van der Waals surface area contributed by atoms with Crippen LogP contribution in [0.1, 0.15) is 17.9 Å². The van der Waals surface area contributed by atoms with Gasteiger partial charge in [0.05, 0.1) is 22.4 Å². The number of fused-ring (bicyclic) bond motifs is 1. The van der Waals surface area contributed by atoms with Crippen LogP contribution in [0.5, 0.6) is 0 Å². The van der Waals surface area contributed by atoms with Gasteiger partial charge in [-0.3, -0.25) is 9.97 Å². The number of nitrogens with zero attached hydrogens (tertiary/aromatic N) is 5. The summed E-state index contributed by atoms with van der Waals surface area (Å²) in [5, 5.41) is 3.99. The summed E-state index contributed by atoms with van der Waals surface area (Å²) in [6.45, 7) is -2.74. The number of rotatable bonds is 6. The van der Waals surface area contributed by atoms with Crippen molar-refractivity contribution in [2.45, 2.75) is 19.4 Å². The Hall–Kier alpha value is -4.01. The molecule has 3 heterocycles. The molecule has 9 heteroatoms. The summed E-state index contributed by atoms with van der Waals surface area (Å²) in [6.07, 6.45) is 5.52. The van der Waals surface area contributed by atoms with E-state index in [9.17, 15) is 13.2 Å². The normalized spacial score (nSPS) is 11.5. The number of H-pyrrole nitrogens is 1. The molecule has 0 fully saturated rings. The quantitative estimate of drug-likeness (QED) is 0.399. The van der Waals surface area contributed by atoms with E-state index in [0.29, 0.717) is 45.9 Å². The Morgan fingerprint density at radius 3 is 2.56 bits per heavy atom. The highest BCUT2D eigenvalue weighted by Crippen LogP contribution is 2.31. The van der Waals surface area contributed by atoms with Crippen molar-refractivity contribution in [2.24, 2.45) is 0 Å². The molecule has 5 rings (SSSR count). The van der Waals surface area contributed by atoms with Gasteiger partial charge in [-0.25, -0.2) is 14.1 Å². The van der Waals surface area contributed by atoms with Crippen molar-refractivity contribution in [2.75, 3.05) is 0 Å². The maximum Gasteiger partial charge on any atom is 0.333 e. The van der Waals surface area contributed by atoms with Crippen LogP contribution < -0.4 is 0 Å². The van der Waals surface area contributed by atoms with Crippen molar-refractivity contribution >= 4 is 11.0 Å². The van der Waals surface area contributed by atoms with Crippen LogP contribution in [-0.2, 0) is 12.8 Å². The van der Waals surface area contributed by atoms with E-state index < -0.39 is 6.55 Å². The number of benzene rings is 2. The van der Waals surface area contributed by atoms with Gasteiger partial charge in [-0.1, -0.05) is 18.2 Å². The third kappa shape index (κ3) is 3.96. The van der Waals surface area contributed by atoms with Crippen LogP contribution in [0.3, 0.4) is 0 Å². The number of aromatic amines is 1. The van der Waals surface area contributed by atoms with E-state index in [0.717, 1.165) is 16.6 Å². The smallest absolute Gasteiger partial charge is 0.333 e. The second kappa shape index (κ2) is 8.26. The Morgan fingerprint density at radius 2 is 1.78 bits per heavy atom. The molecular formula is C23H17F3N6. The fourth-order valence-corrected chi connectivity index (χ4v) is 3.58. The largest absolute Gasteiger partial charge is 0.340 e. The van der Waals surface area contributed by atoms with E-state index in [4.69, 9.17) is 4.98 Å². The lowest BCUT2D eigenvalue weighted by Gasteiger charge is -2.03. The Balaban J connectivity index is 1.54. The van der Waals surface area contributed by atoms with Gasteiger partial charge in [0.1, 0.15) is 17.3 Å². The Morgan fingerprint density at radius 1 is 0.938 bits per heavy atom. The minimum Gasteiger partial charge on any atom is -0.340 e. The molecule has 0 aliphatic heterocycles. The van der Waals surface area contributed by atoms with Crippen molar-refractivity contribution in [3.8, 4) is 22.6 Å². The molecule has 1 N–H and O–H groups in total. The summed E-state index contributed by atoms with van der Waals surface area (Å²) in [5.41, 5.74) is 4.48. The molecule has 5 aromatic rings. The third-order valence-electron chi connectivity index (χ3n) is 5.10. The first kappa shape index (κ1) is 19.9. The first-order chi connectivity index (χ1) is 15.6. The number of halogens is 3. The van der Waals surface area contributed by atoms with Gasteiger partial charge in [0, 0.05) is 30.6 Å². The maximum absolute atomic E-state index is 13.5. The number of hydrogen-bond acceptors (Lipinski definition) is 4. The summed E-state index contributed by atoms with van der Waals surface area (Å²) in [4.78, 5) is 16.5. The Labute approximate surface area is 180 Å². The molecule has 0 atom stereocenters. The lowest BCUT2D eigenvalue weighted by Crippen LogP contribution is -1.98. The van der Waals surface area contributed by atoms with Crippen molar-refractivity contribution in [1.82, 2.24) is 29.7 Å². The molecule has 0 aliphatic carbocycles. The second-order valence-electron chi connectivity index (χ2n) is 7.26. The van der Waals surface area contributed by atoms with Crippen LogP contribution in [0.4, 0.5) is 13.2 Å². The monoisotopic (exact) mass is 434 g/mol. The van der Waals surface area contributed by atoms with Gasteiger partial charge in [-0.15, -0.1) is 0 Å². The van der Waals surface area contributed by atoms with E-state index in [1.54, 1.807) is 18.5 Å². The number of nitrogens with one attached hydrogen (secondary N) is 1. The Bertz CT molecular complexity index is 1390. The van der Waals surface area contributed by atoms with Crippen LogP contribution in [-0.4, -0.2) is 29.7 Å². The summed E-state index contributed by atoms with van der Waals surface area (Å²) in [7, 11) is 0. The zero-order valence-corrected chi connectivity index (χ0v) is 16.7. The fraction of sp³-hybridized carbons (Fsp3) is 0.130. The number of aryl methyl sites for hydroxylation is 2. The van der Waals surface area contributed by atoms with Crippen molar-refractivity contribution < 1.29 is 13.2 Å². The van der Waals surface area contributed by atoms with E-state index in [1.165, 1.54) is 24.4 Å². The van der Waals surface area contributed by atoms with Crippen molar-refractivity contribution in [1.29, 1.82) is 0 Å². The topological polar surface area (TPSA) is 72.3 Å². The fourth-order valence-electron chi connectivity index (χ4n) is 3.58. The number of hydrogen-bond donors (Lipinski definition) is 1. The van der Waals surface area contributed by atoms with Crippen LogP contribution in [0.2, 0.25) is 0 Å². The first-order valence-corrected chi connectivity index (χ1v) is 9.95. The molecular weight excluding hydrogens is 417 g/mol. The highest BCUT2D eigenvalue weighted by molar-refractivity contribution is 5.84. The molecule has 160 valence electrons. The highest BCUT2D eigenvalue weighted by Gasteiger charge is 2.18. The molecule has 2 aromatic carbocycles. The van der Waals surface area contributed by atoms with Gasteiger partial charge in [-0.2, -0.15) is 13.9 Å². The Kier molecular flexibility index (Phi) is 5.14. The summed E-state index contributed by atoms with van der Waals surface area (Å²) in [5.74, 6) is 0.350. The molecule has 3 aromatic heterocycles. The van der Waals surface area contributed by atoms with Crippen LogP contribution in [0, 0.1) is 5.82 Å².